The van der Waals surface area contributed by atoms with E-state index in [4.69, 9.17) is 19.3 Å². The van der Waals surface area contributed by atoms with Crippen LogP contribution in [-0.4, -0.2) is 230 Å². The number of aliphatic hydroxyl groups is 6. The zero-order valence-corrected chi connectivity index (χ0v) is 26.4. The Bertz CT molecular complexity index is 809. The molecule has 6 N–H and O–H groups in total. The molecular formula is C27H53N5O12. The van der Waals surface area contributed by atoms with Crippen molar-refractivity contribution >= 4 is 17.9 Å². The number of nitrogens with zero attached hydrogens (tertiary/aromatic N) is 5. The molecule has 1 rings (SSSR count). The number of hydrogen-bond acceptors (Lipinski definition) is 17. The van der Waals surface area contributed by atoms with E-state index in [0.717, 1.165) is 0 Å². The lowest BCUT2D eigenvalue weighted by Gasteiger charge is -2.34. The first-order chi connectivity index (χ1) is 20.8. The van der Waals surface area contributed by atoms with E-state index >= 15 is 0 Å². The smallest absolute Gasteiger partial charge is 0.319 e. The minimum Gasteiger partial charge on any atom is -0.468 e. The second-order valence-corrected chi connectivity index (χ2v) is 11.0. The molecule has 17 heteroatoms. The molecule has 44 heavy (non-hydrogen) atoms. The van der Waals surface area contributed by atoms with Crippen molar-refractivity contribution in [3.8, 4) is 0 Å². The molecular weight excluding hydrogens is 586 g/mol. The number of likely N-dealkylation sites (N-methyl/N-ethyl adjacent to an activating group) is 1. The Kier molecular flexibility index (Phi) is 19.7. The molecule has 0 aromatic carbocycles. The van der Waals surface area contributed by atoms with Crippen molar-refractivity contribution in [2.75, 3.05) is 127 Å². The molecule has 0 bridgehead atoms. The summed E-state index contributed by atoms with van der Waals surface area (Å²) in [5.41, 5.74) is 0. The van der Waals surface area contributed by atoms with Crippen LogP contribution in [0.4, 0.5) is 0 Å². The van der Waals surface area contributed by atoms with Gasteiger partial charge in [-0.2, -0.15) is 0 Å². The quantitative estimate of drug-likeness (QED) is 0.0686. The van der Waals surface area contributed by atoms with E-state index < -0.39 is 55.0 Å². The summed E-state index contributed by atoms with van der Waals surface area (Å²) in [6.45, 7) is 3.08. The van der Waals surface area contributed by atoms with Crippen LogP contribution in [0.2, 0.25) is 0 Å². The Morgan fingerprint density at radius 3 is 1.30 bits per heavy atom. The fraction of sp³-hybridized carbons (Fsp3) is 0.889. The van der Waals surface area contributed by atoms with Crippen LogP contribution >= 0.6 is 0 Å². The SMILES string of the molecule is COC(=O)CN1CCN(CC(=O)OC)CCN(CC(O)CN(C)CC(O)C(O)C(O)C(O)CO)CCN(CC(=O)OC)CC1. The summed E-state index contributed by atoms with van der Waals surface area (Å²) in [5, 5.41) is 59.7. The van der Waals surface area contributed by atoms with E-state index in [1.54, 1.807) is 11.9 Å². The number of aliphatic hydroxyl groups excluding tert-OH is 6. The largest absolute Gasteiger partial charge is 0.468 e. The fourth-order valence-corrected chi connectivity index (χ4v) is 4.76. The highest BCUT2D eigenvalue weighted by Crippen LogP contribution is 2.08. The van der Waals surface area contributed by atoms with Gasteiger partial charge in [-0.05, 0) is 7.05 Å². The third kappa shape index (κ3) is 15.8. The van der Waals surface area contributed by atoms with E-state index in [2.05, 4.69) is 0 Å². The van der Waals surface area contributed by atoms with E-state index in [1.807, 2.05) is 19.6 Å². The number of β-amino-alcohol motifs (C(OH)–C–C–N with tert-alkyl or cyclic N) is 1. The Morgan fingerprint density at radius 1 is 0.614 bits per heavy atom. The van der Waals surface area contributed by atoms with Gasteiger partial charge in [0, 0.05) is 72.0 Å². The molecule has 0 aromatic rings. The Balaban J connectivity index is 2.97. The van der Waals surface area contributed by atoms with Crippen molar-refractivity contribution in [3.63, 3.8) is 0 Å². The van der Waals surface area contributed by atoms with Gasteiger partial charge in [0.15, 0.2) is 0 Å². The first kappa shape index (κ1) is 40.0. The Hall–Kier alpha value is -2.03. The second-order valence-electron chi connectivity index (χ2n) is 11.0. The molecule has 17 nitrogen and oxygen atoms in total. The van der Waals surface area contributed by atoms with Crippen LogP contribution in [0.5, 0.6) is 0 Å². The van der Waals surface area contributed by atoms with Crippen LogP contribution in [0.3, 0.4) is 0 Å². The normalized spacial score (nSPS) is 20.5. The van der Waals surface area contributed by atoms with Crippen molar-refractivity contribution in [2.24, 2.45) is 0 Å². The number of carbonyl (C=O) groups is 3. The molecule has 5 unspecified atom stereocenters. The van der Waals surface area contributed by atoms with Gasteiger partial charge in [0.1, 0.15) is 18.3 Å². The maximum absolute atomic E-state index is 12.1. The molecule has 1 fully saturated rings. The molecule has 1 saturated heterocycles. The standard InChI is InChI=1S/C27H53N5O12/c1-28(15-21(35)26(40)27(41)22(36)19-33)13-20(34)14-29-5-7-30(16-23(37)42-2)9-11-32(18-25(39)44-4)12-10-31(8-6-29)17-24(38)43-3/h20-22,26-27,33-36,40-41H,5-19H2,1-4H3. The van der Waals surface area contributed by atoms with Gasteiger partial charge in [-0.25, -0.2) is 0 Å². The molecule has 5 atom stereocenters. The third-order valence-electron chi connectivity index (χ3n) is 7.49. The minimum absolute atomic E-state index is 0.0349. The molecule has 0 spiro atoms. The van der Waals surface area contributed by atoms with Crippen LogP contribution in [0.1, 0.15) is 0 Å². The van der Waals surface area contributed by atoms with Crippen LogP contribution in [0, 0.1) is 0 Å². The molecule has 1 heterocycles. The Morgan fingerprint density at radius 2 is 0.955 bits per heavy atom. The third-order valence-corrected chi connectivity index (χ3v) is 7.49. The summed E-state index contributed by atoms with van der Waals surface area (Å²) in [6.07, 6.45) is -7.43. The number of carbonyl (C=O) groups excluding carboxylic acids is 3. The number of ether oxygens (including phenoxy) is 3. The zero-order chi connectivity index (χ0) is 33.2. The van der Waals surface area contributed by atoms with E-state index in [0.29, 0.717) is 52.4 Å². The molecule has 1 aliphatic heterocycles. The number of hydrogen-bond donors (Lipinski definition) is 6. The summed E-state index contributed by atoms with van der Waals surface area (Å²) in [6, 6.07) is 0. The fourth-order valence-electron chi connectivity index (χ4n) is 4.76. The van der Waals surface area contributed by atoms with Gasteiger partial charge in [-0.1, -0.05) is 0 Å². The van der Waals surface area contributed by atoms with Gasteiger partial charge in [0.25, 0.3) is 0 Å². The monoisotopic (exact) mass is 639 g/mol. The molecule has 0 amide bonds. The van der Waals surface area contributed by atoms with Gasteiger partial charge >= 0.3 is 17.9 Å². The van der Waals surface area contributed by atoms with Gasteiger partial charge in [0.2, 0.25) is 0 Å². The molecule has 258 valence electrons. The first-order valence-electron chi connectivity index (χ1n) is 14.6. The minimum atomic E-state index is -1.75. The lowest BCUT2D eigenvalue weighted by Crippen LogP contribution is -2.51. The lowest BCUT2D eigenvalue weighted by atomic mass is 10.0. The van der Waals surface area contributed by atoms with Crippen LogP contribution in [0.15, 0.2) is 0 Å². The van der Waals surface area contributed by atoms with Crippen LogP contribution in [0.25, 0.3) is 0 Å². The molecule has 0 aliphatic carbocycles. The number of rotatable bonds is 16. The first-order valence-corrected chi connectivity index (χ1v) is 14.6. The van der Waals surface area contributed by atoms with Gasteiger partial charge in [-0.15, -0.1) is 0 Å². The van der Waals surface area contributed by atoms with Crippen molar-refractivity contribution in [1.29, 1.82) is 0 Å². The molecule has 0 aromatic heterocycles. The van der Waals surface area contributed by atoms with Crippen molar-refractivity contribution in [3.05, 3.63) is 0 Å². The zero-order valence-electron chi connectivity index (χ0n) is 26.4. The number of methoxy groups -OCH3 is 3. The van der Waals surface area contributed by atoms with Gasteiger partial charge in [0.05, 0.1) is 59.8 Å². The average molecular weight is 640 g/mol. The summed E-state index contributed by atoms with van der Waals surface area (Å²) in [4.78, 5) is 45.5. The van der Waals surface area contributed by atoms with Crippen molar-refractivity contribution in [1.82, 2.24) is 24.5 Å². The van der Waals surface area contributed by atoms with Crippen LogP contribution in [-0.2, 0) is 28.6 Å². The average Bonchev–Trinajstić information content (AvgIpc) is 3.00. The molecule has 0 radical (unpaired) electrons. The van der Waals surface area contributed by atoms with Gasteiger partial charge < -0.3 is 49.7 Å². The summed E-state index contributed by atoms with van der Waals surface area (Å²) in [7, 11) is 5.54. The predicted molar refractivity (Wildman–Crippen MR) is 156 cm³/mol. The second kappa shape index (κ2) is 21.7. The highest BCUT2D eigenvalue weighted by molar-refractivity contribution is 5.72. The van der Waals surface area contributed by atoms with E-state index in [1.165, 1.54) is 21.3 Å². The molecule has 0 saturated carbocycles. The highest BCUT2D eigenvalue weighted by Gasteiger charge is 2.31. The van der Waals surface area contributed by atoms with Crippen molar-refractivity contribution < 1.29 is 59.2 Å². The summed E-state index contributed by atoms with van der Waals surface area (Å²) in [5.74, 6) is -1.22. The maximum atomic E-state index is 12.1. The lowest BCUT2D eigenvalue weighted by molar-refractivity contribution is -0.144. The maximum Gasteiger partial charge on any atom is 0.319 e. The topological polar surface area (TPSA) is 216 Å². The van der Waals surface area contributed by atoms with E-state index in [9.17, 15) is 39.9 Å². The van der Waals surface area contributed by atoms with E-state index in [-0.39, 0.29) is 39.3 Å². The molecule has 1 aliphatic rings. The van der Waals surface area contributed by atoms with Gasteiger partial charge in [-0.3, -0.25) is 34.0 Å². The Labute approximate surface area is 259 Å². The number of esters is 3. The summed E-state index contributed by atoms with van der Waals surface area (Å²) < 4.78 is 14.5. The van der Waals surface area contributed by atoms with Crippen molar-refractivity contribution in [2.45, 2.75) is 30.5 Å². The highest BCUT2D eigenvalue weighted by atomic mass is 16.5. The van der Waals surface area contributed by atoms with Crippen LogP contribution < -0.4 is 0 Å². The summed E-state index contributed by atoms with van der Waals surface area (Å²) >= 11 is 0. The predicted octanol–water partition coefficient (Wildman–Crippen LogP) is -5.54.